The lowest BCUT2D eigenvalue weighted by atomic mass is 10.1. The van der Waals surface area contributed by atoms with Crippen molar-refractivity contribution in [3.05, 3.63) is 41.5 Å². The Labute approximate surface area is 134 Å². The van der Waals surface area contributed by atoms with E-state index in [0.717, 1.165) is 13.1 Å². The topological polar surface area (TPSA) is 71.7 Å². The number of hydrogen-bond acceptors (Lipinski definition) is 6. The first kappa shape index (κ1) is 15.5. The third kappa shape index (κ3) is 3.68. The summed E-state index contributed by atoms with van der Waals surface area (Å²) in [6, 6.07) is 7.26. The Balaban J connectivity index is 1.56. The Bertz CT molecular complexity index is 677. The molecule has 0 atom stereocenters. The van der Waals surface area contributed by atoms with Crippen molar-refractivity contribution in [3.8, 4) is 5.75 Å². The molecule has 3 rings (SSSR count). The first-order valence-electron chi connectivity index (χ1n) is 7.60. The quantitative estimate of drug-likeness (QED) is 0.848. The van der Waals surface area contributed by atoms with Crippen molar-refractivity contribution in [1.29, 1.82) is 0 Å². The van der Waals surface area contributed by atoms with Gasteiger partial charge < -0.3 is 14.2 Å². The second-order valence-corrected chi connectivity index (χ2v) is 5.54. The fourth-order valence-electron chi connectivity index (χ4n) is 2.64. The number of aryl methyl sites for hydroxylation is 1. The van der Waals surface area contributed by atoms with E-state index >= 15 is 0 Å². The van der Waals surface area contributed by atoms with Crippen molar-refractivity contribution in [2.45, 2.75) is 13.5 Å². The van der Waals surface area contributed by atoms with Crippen LogP contribution in [0.5, 0.6) is 5.75 Å². The summed E-state index contributed by atoms with van der Waals surface area (Å²) < 4.78 is 10.3. The summed E-state index contributed by atoms with van der Waals surface area (Å²) in [5.41, 5.74) is 0.658. The molecule has 0 radical (unpaired) electrons. The van der Waals surface area contributed by atoms with E-state index in [1.54, 1.807) is 20.1 Å². The fourth-order valence-corrected chi connectivity index (χ4v) is 2.64. The summed E-state index contributed by atoms with van der Waals surface area (Å²) in [5.74, 6) is 2.00. The van der Waals surface area contributed by atoms with Crippen molar-refractivity contribution < 1.29 is 14.1 Å². The van der Waals surface area contributed by atoms with Crippen molar-refractivity contribution in [2.24, 2.45) is 0 Å². The van der Waals surface area contributed by atoms with E-state index in [1.165, 1.54) is 0 Å². The third-order valence-corrected chi connectivity index (χ3v) is 3.90. The van der Waals surface area contributed by atoms with Crippen LogP contribution in [0.1, 0.15) is 22.1 Å². The molecule has 7 heteroatoms. The van der Waals surface area contributed by atoms with Crippen LogP contribution in [0, 0.1) is 6.92 Å². The fraction of sp³-hybridized carbons (Fsp3) is 0.438. The summed E-state index contributed by atoms with van der Waals surface area (Å²) in [5, 5.41) is 3.79. The zero-order chi connectivity index (χ0) is 16.2. The highest BCUT2D eigenvalue weighted by molar-refractivity contribution is 5.94. The van der Waals surface area contributed by atoms with Crippen LogP contribution in [0.3, 0.4) is 0 Å². The van der Waals surface area contributed by atoms with E-state index in [0.29, 0.717) is 42.7 Å². The van der Waals surface area contributed by atoms with Gasteiger partial charge in [0.1, 0.15) is 5.75 Å². The molecule has 0 saturated carbocycles. The standard InChI is InChI=1S/C16H20N4O3/c1-12-17-15(23-18-12)11-19-6-8-20(9-7-19)16(21)13-4-3-5-14(10-13)22-2/h3-5,10H,6-9,11H2,1-2H3. The van der Waals surface area contributed by atoms with Crippen LogP contribution in [-0.4, -0.2) is 59.1 Å². The highest BCUT2D eigenvalue weighted by Gasteiger charge is 2.23. The van der Waals surface area contributed by atoms with Crippen molar-refractivity contribution >= 4 is 5.91 Å². The molecule has 0 bridgehead atoms. The molecule has 2 heterocycles. The van der Waals surface area contributed by atoms with E-state index < -0.39 is 0 Å². The van der Waals surface area contributed by atoms with Crippen LogP contribution in [0.15, 0.2) is 28.8 Å². The van der Waals surface area contributed by atoms with Crippen LogP contribution in [0.2, 0.25) is 0 Å². The van der Waals surface area contributed by atoms with E-state index in [9.17, 15) is 4.79 Å². The van der Waals surface area contributed by atoms with E-state index in [-0.39, 0.29) is 5.91 Å². The van der Waals surface area contributed by atoms with Gasteiger partial charge in [0.2, 0.25) is 5.89 Å². The molecular formula is C16H20N4O3. The van der Waals surface area contributed by atoms with Crippen LogP contribution in [0.25, 0.3) is 0 Å². The molecule has 1 aromatic heterocycles. The molecule has 0 aliphatic carbocycles. The van der Waals surface area contributed by atoms with Crippen molar-refractivity contribution in [2.75, 3.05) is 33.3 Å². The van der Waals surface area contributed by atoms with Crippen LogP contribution >= 0.6 is 0 Å². The molecule has 2 aromatic rings. The second-order valence-electron chi connectivity index (χ2n) is 5.54. The second kappa shape index (κ2) is 6.78. The van der Waals surface area contributed by atoms with E-state index in [2.05, 4.69) is 15.0 Å². The Kier molecular flexibility index (Phi) is 4.57. The van der Waals surface area contributed by atoms with Crippen LogP contribution in [-0.2, 0) is 6.54 Å². The summed E-state index contributed by atoms with van der Waals surface area (Å²) in [4.78, 5) is 20.8. The lowest BCUT2D eigenvalue weighted by Crippen LogP contribution is -2.48. The maximum absolute atomic E-state index is 12.5. The summed E-state index contributed by atoms with van der Waals surface area (Å²) in [6.07, 6.45) is 0. The molecule has 122 valence electrons. The Morgan fingerprint density at radius 1 is 1.30 bits per heavy atom. The van der Waals surface area contributed by atoms with Crippen LogP contribution in [0.4, 0.5) is 0 Å². The van der Waals surface area contributed by atoms with Gasteiger partial charge in [0.05, 0.1) is 13.7 Å². The minimum Gasteiger partial charge on any atom is -0.497 e. The molecule has 23 heavy (non-hydrogen) atoms. The third-order valence-electron chi connectivity index (χ3n) is 3.90. The highest BCUT2D eigenvalue weighted by atomic mass is 16.5. The van der Waals surface area contributed by atoms with Gasteiger partial charge in [0.15, 0.2) is 5.82 Å². The normalized spacial score (nSPS) is 15.7. The minimum atomic E-state index is 0.0391. The first-order valence-corrected chi connectivity index (χ1v) is 7.60. The number of hydrogen-bond donors (Lipinski definition) is 0. The predicted molar refractivity (Wildman–Crippen MR) is 83.2 cm³/mol. The van der Waals surface area contributed by atoms with Gasteiger partial charge in [0, 0.05) is 31.7 Å². The zero-order valence-corrected chi connectivity index (χ0v) is 13.4. The van der Waals surface area contributed by atoms with E-state index in [1.807, 2.05) is 23.1 Å². The number of aromatic nitrogens is 2. The number of piperazine rings is 1. The molecule has 1 aromatic carbocycles. The number of carbonyl (C=O) groups excluding carboxylic acids is 1. The van der Waals surface area contributed by atoms with Gasteiger partial charge in [-0.05, 0) is 25.1 Å². The SMILES string of the molecule is COc1cccc(C(=O)N2CCN(Cc3nc(C)no3)CC2)c1. The van der Waals surface area contributed by atoms with E-state index in [4.69, 9.17) is 9.26 Å². The van der Waals surface area contributed by atoms with Gasteiger partial charge in [0.25, 0.3) is 5.91 Å². The molecule has 1 fully saturated rings. The monoisotopic (exact) mass is 316 g/mol. The lowest BCUT2D eigenvalue weighted by Gasteiger charge is -2.34. The van der Waals surface area contributed by atoms with Gasteiger partial charge in [-0.15, -0.1) is 0 Å². The number of nitrogens with zero attached hydrogens (tertiary/aromatic N) is 4. The zero-order valence-electron chi connectivity index (χ0n) is 13.4. The number of amides is 1. The largest absolute Gasteiger partial charge is 0.497 e. The molecule has 0 unspecified atom stereocenters. The maximum atomic E-state index is 12.5. The molecule has 1 amide bonds. The Morgan fingerprint density at radius 2 is 2.09 bits per heavy atom. The molecular weight excluding hydrogens is 296 g/mol. The molecule has 7 nitrogen and oxygen atoms in total. The number of ether oxygens (including phenoxy) is 1. The number of benzene rings is 1. The number of methoxy groups -OCH3 is 1. The van der Waals surface area contributed by atoms with Crippen molar-refractivity contribution in [1.82, 2.24) is 19.9 Å². The predicted octanol–water partition coefficient (Wildman–Crippen LogP) is 1.34. The maximum Gasteiger partial charge on any atom is 0.254 e. The number of carbonyl (C=O) groups is 1. The summed E-state index contributed by atoms with van der Waals surface area (Å²) in [6.45, 7) is 5.38. The van der Waals surface area contributed by atoms with Gasteiger partial charge >= 0.3 is 0 Å². The first-order chi connectivity index (χ1) is 11.2. The van der Waals surface area contributed by atoms with Gasteiger partial charge in [-0.25, -0.2) is 0 Å². The van der Waals surface area contributed by atoms with Crippen molar-refractivity contribution in [3.63, 3.8) is 0 Å². The molecule has 0 spiro atoms. The molecule has 1 saturated heterocycles. The average Bonchev–Trinajstić information content (AvgIpc) is 3.00. The van der Waals surface area contributed by atoms with Gasteiger partial charge in [-0.1, -0.05) is 11.2 Å². The lowest BCUT2D eigenvalue weighted by molar-refractivity contribution is 0.0615. The van der Waals surface area contributed by atoms with Gasteiger partial charge in [-0.2, -0.15) is 4.98 Å². The molecule has 1 aliphatic heterocycles. The summed E-state index contributed by atoms with van der Waals surface area (Å²) in [7, 11) is 1.60. The highest BCUT2D eigenvalue weighted by Crippen LogP contribution is 2.16. The Morgan fingerprint density at radius 3 is 2.74 bits per heavy atom. The molecule has 1 aliphatic rings. The van der Waals surface area contributed by atoms with Gasteiger partial charge in [-0.3, -0.25) is 9.69 Å². The minimum absolute atomic E-state index is 0.0391. The molecule has 0 N–H and O–H groups in total. The summed E-state index contributed by atoms with van der Waals surface area (Å²) >= 11 is 0. The Hall–Kier alpha value is -2.41. The number of rotatable bonds is 4. The smallest absolute Gasteiger partial charge is 0.254 e. The van der Waals surface area contributed by atoms with Crippen LogP contribution < -0.4 is 4.74 Å². The average molecular weight is 316 g/mol.